The van der Waals surface area contributed by atoms with Crippen molar-refractivity contribution in [3.8, 4) is 0 Å². The highest BCUT2D eigenvalue weighted by molar-refractivity contribution is 5.42. The van der Waals surface area contributed by atoms with Gasteiger partial charge < -0.3 is 5.32 Å². The third-order valence-corrected chi connectivity index (χ3v) is 1.70. The molecule has 0 bridgehead atoms. The van der Waals surface area contributed by atoms with Gasteiger partial charge in [-0.3, -0.25) is 4.98 Å². The van der Waals surface area contributed by atoms with E-state index in [9.17, 15) is 0 Å². The molecule has 1 aromatic heterocycles. The third-order valence-electron chi connectivity index (χ3n) is 1.70. The van der Waals surface area contributed by atoms with Crippen molar-refractivity contribution in [3.05, 3.63) is 24.0 Å². The molecule has 0 unspecified atom stereocenters. The van der Waals surface area contributed by atoms with E-state index in [0.717, 1.165) is 12.2 Å². The average molecular weight is 178 g/mol. The molecular formula is C11H18N2. The molecular weight excluding hydrogens is 160 g/mol. The predicted molar refractivity (Wildman–Crippen MR) is 56.9 cm³/mol. The molecule has 0 fully saturated rings. The van der Waals surface area contributed by atoms with Gasteiger partial charge in [-0.2, -0.15) is 0 Å². The Bertz CT molecular complexity index is 274. The first-order chi connectivity index (χ1) is 5.97. The molecule has 1 N–H and O–H groups in total. The second-order valence-electron chi connectivity index (χ2n) is 4.67. The van der Waals surface area contributed by atoms with Crippen molar-refractivity contribution in [3.63, 3.8) is 0 Å². The fourth-order valence-corrected chi connectivity index (χ4v) is 1.02. The SMILES string of the molecule is Cc1cncc(NCC(C)(C)C)c1. The monoisotopic (exact) mass is 178 g/mol. The number of nitrogens with zero attached hydrogens (tertiary/aromatic N) is 1. The molecule has 0 aliphatic heterocycles. The van der Waals surface area contributed by atoms with Crippen LogP contribution in [0.25, 0.3) is 0 Å². The quantitative estimate of drug-likeness (QED) is 0.753. The Labute approximate surface area is 80.4 Å². The van der Waals surface area contributed by atoms with Crippen LogP contribution in [0, 0.1) is 12.3 Å². The van der Waals surface area contributed by atoms with Crippen LogP contribution < -0.4 is 5.32 Å². The molecule has 72 valence electrons. The van der Waals surface area contributed by atoms with Crippen molar-refractivity contribution >= 4 is 5.69 Å². The maximum absolute atomic E-state index is 4.12. The lowest BCUT2D eigenvalue weighted by atomic mass is 9.97. The summed E-state index contributed by atoms with van der Waals surface area (Å²) in [6, 6.07) is 2.11. The van der Waals surface area contributed by atoms with E-state index in [1.54, 1.807) is 0 Å². The maximum atomic E-state index is 4.12. The van der Waals surface area contributed by atoms with E-state index in [0.29, 0.717) is 5.41 Å². The van der Waals surface area contributed by atoms with E-state index in [-0.39, 0.29) is 0 Å². The van der Waals surface area contributed by atoms with Crippen molar-refractivity contribution in [2.75, 3.05) is 11.9 Å². The summed E-state index contributed by atoms with van der Waals surface area (Å²) < 4.78 is 0. The average Bonchev–Trinajstić information content (AvgIpc) is 2.00. The van der Waals surface area contributed by atoms with Gasteiger partial charge in [0.1, 0.15) is 0 Å². The second-order valence-corrected chi connectivity index (χ2v) is 4.67. The van der Waals surface area contributed by atoms with Crippen LogP contribution in [0.3, 0.4) is 0 Å². The summed E-state index contributed by atoms with van der Waals surface area (Å²) in [5.74, 6) is 0. The first-order valence-electron chi connectivity index (χ1n) is 4.63. The van der Waals surface area contributed by atoms with Gasteiger partial charge in [-0.1, -0.05) is 20.8 Å². The van der Waals surface area contributed by atoms with Crippen LogP contribution in [-0.4, -0.2) is 11.5 Å². The van der Waals surface area contributed by atoms with Crippen LogP contribution >= 0.6 is 0 Å². The van der Waals surface area contributed by atoms with Gasteiger partial charge in [0, 0.05) is 18.9 Å². The minimum atomic E-state index is 0.309. The Morgan fingerprint density at radius 1 is 1.31 bits per heavy atom. The van der Waals surface area contributed by atoms with Gasteiger partial charge in [-0.05, 0) is 24.0 Å². The first kappa shape index (κ1) is 10.0. The van der Waals surface area contributed by atoms with Crippen LogP contribution in [0.2, 0.25) is 0 Å². The molecule has 0 saturated heterocycles. The van der Waals surface area contributed by atoms with Crippen molar-refractivity contribution in [1.29, 1.82) is 0 Å². The molecule has 0 spiro atoms. The lowest BCUT2D eigenvalue weighted by Crippen LogP contribution is -2.19. The molecule has 0 aliphatic carbocycles. The summed E-state index contributed by atoms with van der Waals surface area (Å²) >= 11 is 0. The smallest absolute Gasteiger partial charge is 0.0529 e. The van der Waals surface area contributed by atoms with Gasteiger partial charge in [-0.15, -0.1) is 0 Å². The van der Waals surface area contributed by atoms with E-state index in [1.165, 1.54) is 5.56 Å². The maximum Gasteiger partial charge on any atom is 0.0529 e. The van der Waals surface area contributed by atoms with Crippen LogP contribution in [0.15, 0.2) is 18.5 Å². The normalized spacial score (nSPS) is 11.4. The fraction of sp³-hybridized carbons (Fsp3) is 0.545. The standard InChI is InChI=1S/C11H18N2/c1-9-5-10(7-12-6-9)13-8-11(2,3)4/h5-7,13H,8H2,1-4H3. The molecule has 0 saturated carbocycles. The van der Waals surface area contributed by atoms with Crippen LogP contribution in [0.1, 0.15) is 26.3 Å². The van der Waals surface area contributed by atoms with E-state index in [1.807, 2.05) is 12.4 Å². The molecule has 1 heterocycles. The van der Waals surface area contributed by atoms with Crippen molar-refractivity contribution < 1.29 is 0 Å². The van der Waals surface area contributed by atoms with Crippen LogP contribution in [0.5, 0.6) is 0 Å². The molecule has 0 aromatic carbocycles. The zero-order valence-corrected chi connectivity index (χ0v) is 8.89. The van der Waals surface area contributed by atoms with Gasteiger partial charge in [0.05, 0.1) is 5.69 Å². The number of nitrogens with one attached hydrogen (secondary N) is 1. The topological polar surface area (TPSA) is 24.9 Å². The first-order valence-corrected chi connectivity index (χ1v) is 4.63. The molecule has 0 aliphatic rings. The summed E-state index contributed by atoms with van der Waals surface area (Å²) in [5, 5.41) is 3.36. The molecule has 13 heavy (non-hydrogen) atoms. The number of aryl methyl sites for hydroxylation is 1. The summed E-state index contributed by atoms with van der Waals surface area (Å²) in [5.41, 5.74) is 2.61. The molecule has 0 amide bonds. The zero-order valence-electron chi connectivity index (χ0n) is 8.89. The largest absolute Gasteiger partial charge is 0.383 e. The minimum absolute atomic E-state index is 0.309. The minimum Gasteiger partial charge on any atom is -0.383 e. The van der Waals surface area contributed by atoms with Crippen molar-refractivity contribution in [2.24, 2.45) is 5.41 Å². The molecule has 2 nitrogen and oxygen atoms in total. The Balaban J connectivity index is 2.55. The molecule has 0 atom stereocenters. The van der Waals surface area contributed by atoms with Crippen molar-refractivity contribution in [2.45, 2.75) is 27.7 Å². The third kappa shape index (κ3) is 3.92. The molecule has 1 rings (SSSR count). The van der Waals surface area contributed by atoms with Gasteiger partial charge in [-0.25, -0.2) is 0 Å². The molecule has 0 radical (unpaired) electrons. The van der Waals surface area contributed by atoms with Gasteiger partial charge >= 0.3 is 0 Å². The van der Waals surface area contributed by atoms with E-state index in [2.05, 4.69) is 44.1 Å². The van der Waals surface area contributed by atoms with Crippen LogP contribution in [-0.2, 0) is 0 Å². The van der Waals surface area contributed by atoms with Crippen molar-refractivity contribution in [1.82, 2.24) is 4.98 Å². The number of hydrogen-bond acceptors (Lipinski definition) is 2. The van der Waals surface area contributed by atoms with E-state index in [4.69, 9.17) is 0 Å². The highest BCUT2D eigenvalue weighted by atomic mass is 14.9. The van der Waals surface area contributed by atoms with Gasteiger partial charge in [0.2, 0.25) is 0 Å². The van der Waals surface area contributed by atoms with E-state index < -0.39 is 0 Å². The summed E-state index contributed by atoms with van der Waals surface area (Å²) in [6.45, 7) is 9.66. The number of aromatic nitrogens is 1. The van der Waals surface area contributed by atoms with Gasteiger partial charge in [0.15, 0.2) is 0 Å². The summed E-state index contributed by atoms with van der Waals surface area (Å²) in [4.78, 5) is 4.12. The lowest BCUT2D eigenvalue weighted by molar-refractivity contribution is 0.443. The Hall–Kier alpha value is -1.05. The zero-order chi connectivity index (χ0) is 9.90. The molecule has 2 heteroatoms. The second kappa shape index (κ2) is 3.77. The summed E-state index contributed by atoms with van der Waals surface area (Å²) in [7, 11) is 0. The number of rotatable bonds is 2. The Kier molecular flexibility index (Phi) is 2.91. The number of pyridine rings is 1. The number of hydrogen-bond donors (Lipinski definition) is 1. The number of anilines is 1. The highest BCUT2D eigenvalue weighted by Gasteiger charge is 2.08. The fourth-order valence-electron chi connectivity index (χ4n) is 1.02. The predicted octanol–water partition coefficient (Wildman–Crippen LogP) is 2.85. The highest BCUT2D eigenvalue weighted by Crippen LogP contribution is 2.15. The Morgan fingerprint density at radius 3 is 2.54 bits per heavy atom. The van der Waals surface area contributed by atoms with Gasteiger partial charge in [0.25, 0.3) is 0 Å². The summed E-state index contributed by atoms with van der Waals surface area (Å²) in [6.07, 6.45) is 3.72. The van der Waals surface area contributed by atoms with Crippen LogP contribution in [0.4, 0.5) is 5.69 Å². The molecule has 1 aromatic rings. The van der Waals surface area contributed by atoms with E-state index >= 15 is 0 Å². The Morgan fingerprint density at radius 2 is 2.00 bits per heavy atom. The lowest BCUT2D eigenvalue weighted by Gasteiger charge is -2.19.